The molecule has 2 heteroatoms. The largest absolute Gasteiger partial charge is 0.303 e. The molecule has 2 aromatic rings. The number of hydrogen-bond acceptors (Lipinski definition) is 1. The van der Waals surface area contributed by atoms with E-state index in [9.17, 15) is 4.79 Å². The van der Waals surface area contributed by atoms with Crippen molar-refractivity contribution >= 4 is 5.91 Å². The van der Waals surface area contributed by atoms with Crippen molar-refractivity contribution in [3.05, 3.63) is 83.6 Å². The molecular weight excluding hydrogens is 282 g/mol. The third kappa shape index (κ3) is 4.11. The van der Waals surface area contributed by atoms with Gasteiger partial charge in [-0.25, -0.2) is 0 Å². The van der Waals surface area contributed by atoms with Crippen LogP contribution >= 0.6 is 0 Å². The highest BCUT2D eigenvalue weighted by Crippen LogP contribution is 2.23. The van der Waals surface area contributed by atoms with Crippen LogP contribution in [0.25, 0.3) is 0 Å². The van der Waals surface area contributed by atoms with Crippen LogP contribution in [0.5, 0.6) is 0 Å². The molecule has 0 spiro atoms. The maximum atomic E-state index is 12.6. The Bertz CT molecular complexity index is 751. The zero-order valence-electron chi connectivity index (χ0n) is 13.0. The fraction of sp³-hybridized carbons (Fsp3) is 0.190. The third-order valence-corrected chi connectivity index (χ3v) is 3.88. The number of hydrogen-bond donors (Lipinski definition) is 0. The van der Waals surface area contributed by atoms with Crippen LogP contribution in [0.3, 0.4) is 0 Å². The van der Waals surface area contributed by atoms with Crippen LogP contribution in [0.2, 0.25) is 0 Å². The summed E-state index contributed by atoms with van der Waals surface area (Å²) in [4.78, 5) is 14.4. The Morgan fingerprint density at radius 3 is 2.35 bits per heavy atom. The van der Waals surface area contributed by atoms with Gasteiger partial charge in [0, 0.05) is 17.2 Å². The van der Waals surface area contributed by atoms with Crippen molar-refractivity contribution in [1.29, 1.82) is 0 Å². The van der Waals surface area contributed by atoms with Gasteiger partial charge in [-0.05, 0) is 37.0 Å². The fourth-order valence-corrected chi connectivity index (χ4v) is 2.68. The monoisotopic (exact) mass is 301 g/mol. The van der Waals surface area contributed by atoms with Gasteiger partial charge >= 0.3 is 5.91 Å². The molecule has 0 saturated heterocycles. The molecule has 2 nitrogen and oxygen atoms in total. The van der Waals surface area contributed by atoms with E-state index in [1.165, 1.54) is 0 Å². The second-order valence-corrected chi connectivity index (χ2v) is 5.58. The standard InChI is InChI=1S/C21H19NO/c23-21(16-15-18-9-3-1-4-10-18)22(20-13-7-8-14-20)17-19-11-5-2-6-12-19/h1-6,9-13H,7-8,14,17H2. The average molecular weight is 301 g/mol. The molecule has 0 radical (unpaired) electrons. The van der Waals surface area contributed by atoms with E-state index < -0.39 is 0 Å². The fourth-order valence-electron chi connectivity index (χ4n) is 2.68. The zero-order chi connectivity index (χ0) is 15.9. The highest BCUT2D eigenvalue weighted by Gasteiger charge is 2.19. The van der Waals surface area contributed by atoms with Gasteiger partial charge in [-0.15, -0.1) is 0 Å². The Kier molecular flexibility index (Phi) is 4.91. The summed E-state index contributed by atoms with van der Waals surface area (Å²) in [5.41, 5.74) is 3.08. The van der Waals surface area contributed by atoms with Gasteiger partial charge < -0.3 is 4.90 Å². The van der Waals surface area contributed by atoms with Gasteiger partial charge in [-0.3, -0.25) is 4.79 Å². The summed E-state index contributed by atoms with van der Waals surface area (Å²) in [6, 6.07) is 19.7. The van der Waals surface area contributed by atoms with E-state index in [1.54, 1.807) is 0 Å². The van der Waals surface area contributed by atoms with Crippen molar-refractivity contribution in [2.75, 3.05) is 0 Å². The van der Waals surface area contributed by atoms with E-state index in [2.05, 4.69) is 17.9 Å². The van der Waals surface area contributed by atoms with Gasteiger partial charge in [0.05, 0.1) is 6.54 Å². The summed E-state index contributed by atoms with van der Waals surface area (Å²) in [6.45, 7) is 0.578. The summed E-state index contributed by atoms with van der Waals surface area (Å²) in [7, 11) is 0. The van der Waals surface area contributed by atoms with Crippen LogP contribution in [-0.4, -0.2) is 10.8 Å². The molecule has 3 rings (SSSR count). The number of carbonyl (C=O) groups is 1. The van der Waals surface area contributed by atoms with E-state index >= 15 is 0 Å². The summed E-state index contributed by atoms with van der Waals surface area (Å²) < 4.78 is 0. The molecule has 1 aliphatic carbocycles. The first-order valence-electron chi connectivity index (χ1n) is 7.94. The first-order valence-corrected chi connectivity index (χ1v) is 7.94. The van der Waals surface area contributed by atoms with Gasteiger partial charge in [0.2, 0.25) is 0 Å². The Morgan fingerprint density at radius 1 is 1.00 bits per heavy atom. The molecule has 23 heavy (non-hydrogen) atoms. The van der Waals surface area contributed by atoms with Gasteiger partial charge in [-0.1, -0.05) is 60.5 Å². The highest BCUT2D eigenvalue weighted by atomic mass is 16.2. The van der Waals surface area contributed by atoms with Crippen LogP contribution < -0.4 is 0 Å². The van der Waals surface area contributed by atoms with Gasteiger partial charge in [0.1, 0.15) is 0 Å². The molecule has 114 valence electrons. The minimum Gasteiger partial charge on any atom is -0.301 e. The van der Waals surface area contributed by atoms with Crippen molar-refractivity contribution in [2.45, 2.75) is 25.8 Å². The third-order valence-electron chi connectivity index (χ3n) is 3.88. The normalized spacial score (nSPS) is 13.0. The lowest BCUT2D eigenvalue weighted by Crippen LogP contribution is -2.28. The second-order valence-electron chi connectivity index (χ2n) is 5.58. The van der Waals surface area contributed by atoms with Crippen LogP contribution in [0.4, 0.5) is 0 Å². The molecule has 0 heterocycles. The van der Waals surface area contributed by atoms with Crippen LogP contribution in [0.15, 0.2) is 72.4 Å². The summed E-state index contributed by atoms with van der Waals surface area (Å²) in [6.07, 6.45) is 5.26. The summed E-state index contributed by atoms with van der Waals surface area (Å²) >= 11 is 0. The number of allylic oxidation sites excluding steroid dienone is 2. The number of nitrogens with zero attached hydrogens (tertiary/aromatic N) is 1. The number of rotatable bonds is 3. The quantitative estimate of drug-likeness (QED) is 0.780. The lowest BCUT2D eigenvalue weighted by Gasteiger charge is -2.21. The average Bonchev–Trinajstić information content (AvgIpc) is 3.14. The first kappa shape index (κ1) is 15.1. The Balaban J connectivity index is 1.80. The van der Waals surface area contributed by atoms with Crippen molar-refractivity contribution in [2.24, 2.45) is 0 Å². The van der Waals surface area contributed by atoms with E-state index in [0.29, 0.717) is 6.54 Å². The Labute approximate surface area is 137 Å². The lowest BCUT2D eigenvalue weighted by molar-refractivity contribution is -0.123. The summed E-state index contributed by atoms with van der Waals surface area (Å²) in [5, 5.41) is 0. The number of amides is 1. The van der Waals surface area contributed by atoms with E-state index in [4.69, 9.17) is 0 Å². The lowest BCUT2D eigenvalue weighted by atomic mass is 10.2. The molecule has 0 unspecified atom stereocenters. The molecule has 1 aliphatic rings. The SMILES string of the molecule is O=C(C#Cc1ccccc1)N(Cc1ccccc1)C1=CCCC1. The molecule has 0 aromatic heterocycles. The molecule has 0 bridgehead atoms. The molecule has 0 fully saturated rings. The molecule has 2 aromatic carbocycles. The molecule has 0 N–H and O–H groups in total. The highest BCUT2D eigenvalue weighted by molar-refractivity contribution is 5.95. The predicted octanol–water partition coefficient (Wildman–Crippen LogP) is 4.13. The van der Waals surface area contributed by atoms with Crippen molar-refractivity contribution in [1.82, 2.24) is 4.90 Å². The van der Waals surface area contributed by atoms with Crippen LogP contribution in [-0.2, 0) is 11.3 Å². The Hall–Kier alpha value is -2.79. The van der Waals surface area contributed by atoms with E-state index in [0.717, 1.165) is 36.1 Å². The van der Waals surface area contributed by atoms with Crippen LogP contribution in [0, 0.1) is 11.8 Å². The second kappa shape index (κ2) is 7.47. The molecule has 1 amide bonds. The predicted molar refractivity (Wildman–Crippen MR) is 92.2 cm³/mol. The van der Waals surface area contributed by atoms with Gasteiger partial charge in [0.15, 0.2) is 0 Å². The summed E-state index contributed by atoms with van der Waals surface area (Å²) in [5.74, 6) is 5.62. The van der Waals surface area contributed by atoms with E-state index in [-0.39, 0.29) is 5.91 Å². The minimum atomic E-state index is -0.133. The maximum Gasteiger partial charge on any atom is 0.303 e. The molecule has 0 atom stereocenters. The number of carbonyl (C=O) groups excluding carboxylic acids is 1. The molecule has 0 aliphatic heterocycles. The number of benzene rings is 2. The topological polar surface area (TPSA) is 20.3 Å². The smallest absolute Gasteiger partial charge is 0.301 e. The zero-order valence-corrected chi connectivity index (χ0v) is 13.0. The molecular formula is C21H19NO. The van der Waals surface area contributed by atoms with Crippen LogP contribution in [0.1, 0.15) is 30.4 Å². The van der Waals surface area contributed by atoms with Gasteiger partial charge in [0.25, 0.3) is 0 Å². The van der Waals surface area contributed by atoms with Crippen molar-refractivity contribution in [3.63, 3.8) is 0 Å². The minimum absolute atomic E-state index is 0.133. The first-order chi connectivity index (χ1) is 11.3. The van der Waals surface area contributed by atoms with Crippen molar-refractivity contribution in [3.8, 4) is 11.8 Å². The van der Waals surface area contributed by atoms with Gasteiger partial charge in [-0.2, -0.15) is 0 Å². The maximum absolute atomic E-state index is 12.6. The van der Waals surface area contributed by atoms with E-state index in [1.807, 2.05) is 65.6 Å². The Morgan fingerprint density at radius 2 is 1.70 bits per heavy atom. The molecule has 0 saturated carbocycles. The van der Waals surface area contributed by atoms with Crippen molar-refractivity contribution < 1.29 is 4.79 Å².